The van der Waals surface area contributed by atoms with E-state index in [-0.39, 0.29) is 24.5 Å². The number of amides is 2. The molecule has 2 N–H and O–H groups in total. The molecule has 1 aliphatic rings. The van der Waals surface area contributed by atoms with Gasteiger partial charge in [-0.25, -0.2) is 9.18 Å². The Morgan fingerprint density at radius 1 is 1.41 bits per heavy atom. The minimum Gasteiger partial charge on any atom is -0.393 e. The molecule has 2 aromatic rings. The summed E-state index contributed by atoms with van der Waals surface area (Å²) in [5, 5.41) is 16.2. The van der Waals surface area contributed by atoms with Gasteiger partial charge in [-0.05, 0) is 37.5 Å². The number of nitrogens with one attached hydrogen (secondary N) is 1. The third-order valence-electron chi connectivity index (χ3n) is 4.68. The number of aromatic nitrogens is 1. The maximum Gasteiger partial charge on any atom is 0.317 e. The number of aliphatic hydroxyl groups is 1. The van der Waals surface area contributed by atoms with Gasteiger partial charge < -0.3 is 24.7 Å². The molecule has 27 heavy (non-hydrogen) atoms. The third kappa shape index (κ3) is 4.97. The number of rotatable bonds is 5. The summed E-state index contributed by atoms with van der Waals surface area (Å²) in [6.07, 6.45) is 1.00. The summed E-state index contributed by atoms with van der Waals surface area (Å²) < 4.78 is 19.4. The van der Waals surface area contributed by atoms with Gasteiger partial charge in [-0.15, -0.1) is 0 Å². The van der Waals surface area contributed by atoms with Crippen LogP contribution >= 0.6 is 0 Å². The van der Waals surface area contributed by atoms with Gasteiger partial charge in [-0.3, -0.25) is 0 Å². The van der Waals surface area contributed by atoms with E-state index < -0.39 is 0 Å². The van der Waals surface area contributed by atoms with Crippen molar-refractivity contribution in [3.05, 3.63) is 47.1 Å². The molecule has 0 saturated carbocycles. The van der Waals surface area contributed by atoms with Crippen molar-refractivity contribution in [3.63, 3.8) is 0 Å². The normalized spacial score (nSPS) is 15.0. The van der Waals surface area contributed by atoms with Gasteiger partial charge in [0, 0.05) is 32.7 Å². The molecule has 0 atom stereocenters. The fourth-order valence-electron chi connectivity index (χ4n) is 3.14. The van der Waals surface area contributed by atoms with Gasteiger partial charge in [0.25, 0.3) is 0 Å². The number of piperidine rings is 1. The minimum atomic E-state index is -0.315. The van der Waals surface area contributed by atoms with E-state index in [2.05, 4.69) is 10.5 Å². The van der Waals surface area contributed by atoms with Crippen molar-refractivity contribution in [2.75, 3.05) is 25.0 Å². The van der Waals surface area contributed by atoms with E-state index in [1.165, 1.54) is 11.0 Å². The quantitative estimate of drug-likeness (QED) is 0.838. The molecule has 1 aromatic heterocycles. The lowest BCUT2D eigenvalue weighted by atomic mass is 10.1. The topological polar surface area (TPSA) is 81.8 Å². The Kier molecular flexibility index (Phi) is 5.95. The number of halogens is 1. The number of aryl methyl sites for hydroxylation is 1. The van der Waals surface area contributed by atoms with Gasteiger partial charge in [-0.1, -0.05) is 11.2 Å². The zero-order chi connectivity index (χ0) is 19.4. The van der Waals surface area contributed by atoms with Crippen molar-refractivity contribution >= 4 is 11.7 Å². The van der Waals surface area contributed by atoms with Crippen molar-refractivity contribution in [2.45, 2.75) is 39.0 Å². The first kappa shape index (κ1) is 19.2. The van der Waals surface area contributed by atoms with E-state index in [4.69, 9.17) is 4.52 Å². The van der Waals surface area contributed by atoms with Gasteiger partial charge in [0.2, 0.25) is 0 Å². The van der Waals surface area contributed by atoms with Crippen LogP contribution in [0.15, 0.2) is 28.8 Å². The molecule has 7 nitrogen and oxygen atoms in total. The van der Waals surface area contributed by atoms with Crippen LogP contribution in [-0.4, -0.2) is 47.4 Å². The Balaban J connectivity index is 1.53. The largest absolute Gasteiger partial charge is 0.393 e. The van der Waals surface area contributed by atoms with Crippen LogP contribution in [0.2, 0.25) is 0 Å². The summed E-state index contributed by atoms with van der Waals surface area (Å²) in [5.41, 5.74) is 1.90. The molecule has 0 bridgehead atoms. The molecule has 0 spiro atoms. The number of nitrogens with zero attached hydrogens (tertiary/aromatic N) is 3. The van der Waals surface area contributed by atoms with Crippen LogP contribution in [-0.2, 0) is 13.1 Å². The van der Waals surface area contributed by atoms with Crippen LogP contribution in [0.3, 0.4) is 0 Å². The minimum absolute atomic E-state index is 0.233. The molecule has 8 heteroatoms. The highest BCUT2D eigenvalue weighted by molar-refractivity contribution is 5.73. The van der Waals surface area contributed by atoms with Crippen LogP contribution in [0.25, 0.3) is 0 Å². The zero-order valence-electron chi connectivity index (χ0n) is 15.6. The van der Waals surface area contributed by atoms with E-state index in [0.717, 1.165) is 0 Å². The highest BCUT2D eigenvalue weighted by atomic mass is 19.1. The lowest BCUT2D eigenvalue weighted by Gasteiger charge is -2.31. The second-order valence-corrected chi connectivity index (χ2v) is 6.95. The highest BCUT2D eigenvalue weighted by Crippen LogP contribution is 2.24. The highest BCUT2D eigenvalue weighted by Gasteiger charge is 2.20. The number of hydrogen-bond acceptors (Lipinski definition) is 5. The molecule has 1 fully saturated rings. The fraction of sp³-hybridized carbons (Fsp3) is 0.474. The molecule has 2 amide bonds. The number of carbonyl (C=O) groups excluding carboxylic acids is 1. The molecule has 0 unspecified atom stereocenters. The first-order valence-electron chi connectivity index (χ1n) is 9.05. The van der Waals surface area contributed by atoms with Gasteiger partial charge in [-0.2, -0.15) is 0 Å². The summed E-state index contributed by atoms with van der Waals surface area (Å²) >= 11 is 0. The van der Waals surface area contributed by atoms with Gasteiger partial charge in [0.05, 0.1) is 18.3 Å². The van der Waals surface area contributed by atoms with Crippen LogP contribution < -0.4 is 10.2 Å². The number of urea groups is 1. The van der Waals surface area contributed by atoms with Crippen molar-refractivity contribution in [1.29, 1.82) is 0 Å². The summed E-state index contributed by atoms with van der Waals surface area (Å²) in [7, 11) is 1.66. The smallest absolute Gasteiger partial charge is 0.317 e. The molecular weight excluding hydrogens is 351 g/mol. The zero-order valence-corrected chi connectivity index (χ0v) is 15.6. The van der Waals surface area contributed by atoms with Gasteiger partial charge in [0.1, 0.15) is 17.3 Å². The third-order valence-corrected chi connectivity index (χ3v) is 4.68. The monoisotopic (exact) mass is 376 g/mol. The Hall–Kier alpha value is -2.61. The number of aliphatic hydroxyl groups excluding tert-OH is 1. The Bertz CT molecular complexity index is 787. The summed E-state index contributed by atoms with van der Waals surface area (Å²) in [6, 6.07) is 6.49. The fourth-order valence-corrected chi connectivity index (χ4v) is 3.14. The Morgan fingerprint density at radius 2 is 2.15 bits per heavy atom. The van der Waals surface area contributed by atoms with E-state index in [1.807, 2.05) is 11.0 Å². The number of hydrogen-bond donors (Lipinski definition) is 2. The van der Waals surface area contributed by atoms with Crippen LogP contribution in [0.5, 0.6) is 0 Å². The molecule has 1 saturated heterocycles. The predicted molar refractivity (Wildman–Crippen MR) is 98.8 cm³/mol. The van der Waals surface area contributed by atoms with Crippen molar-refractivity contribution in [2.24, 2.45) is 0 Å². The maximum absolute atomic E-state index is 14.5. The van der Waals surface area contributed by atoms with E-state index in [1.54, 1.807) is 26.1 Å². The SMILES string of the molecule is Cc1cc(CN(C)C(=O)NCc2ccc(N3CCC(O)CC3)c(F)c2)no1. The average Bonchev–Trinajstić information content (AvgIpc) is 3.05. The lowest BCUT2D eigenvalue weighted by molar-refractivity contribution is 0.145. The summed E-state index contributed by atoms with van der Waals surface area (Å²) in [5.74, 6) is 0.377. The predicted octanol–water partition coefficient (Wildman–Crippen LogP) is 2.42. The standard InChI is InChI=1S/C19H25FN4O3/c1-13-9-15(22-27-13)12-23(2)19(26)21-11-14-3-4-18(17(20)10-14)24-7-5-16(25)6-8-24/h3-4,9-10,16,25H,5-8,11-12H2,1-2H3,(H,21,26). The molecule has 1 aliphatic heterocycles. The first-order valence-corrected chi connectivity index (χ1v) is 9.05. The van der Waals surface area contributed by atoms with Crippen LogP contribution in [0.1, 0.15) is 29.9 Å². The molecular formula is C19H25FN4O3. The second-order valence-electron chi connectivity index (χ2n) is 6.95. The Labute approximate surface area is 157 Å². The van der Waals surface area contributed by atoms with Crippen LogP contribution in [0, 0.1) is 12.7 Å². The van der Waals surface area contributed by atoms with E-state index >= 15 is 0 Å². The second kappa shape index (κ2) is 8.39. The first-order chi connectivity index (χ1) is 12.9. The molecule has 1 aromatic carbocycles. The van der Waals surface area contributed by atoms with Gasteiger partial charge in [0.15, 0.2) is 0 Å². The molecule has 2 heterocycles. The van der Waals surface area contributed by atoms with Crippen molar-refractivity contribution < 1.29 is 18.8 Å². The van der Waals surface area contributed by atoms with Crippen molar-refractivity contribution in [1.82, 2.24) is 15.4 Å². The molecule has 146 valence electrons. The summed E-state index contributed by atoms with van der Waals surface area (Å²) in [4.78, 5) is 15.6. The molecule has 0 aliphatic carbocycles. The number of benzene rings is 1. The number of anilines is 1. The maximum atomic E-state index is 14.5. The van der Waals surface area contributed by atoms with E-state index in [9.17, 15) is 14.3 Å². The van der Waals surface area contributed by atoms with E-state index in [0.29, 0.717) is 55.2 Å². The molecule has 3 rings (SSSR count). The Morgan fingerprint density at radius 3 is 2.78 bits per heavy atom. The molecule has 0 radical (unpaired) electrons. The lowest BCUT2D eigenvalue weighted by Crippen LogP contribution is -2.37. The average molecular weight is 376 g/mol. The summed E-state index contributed by atoms with van der Waals surface area (Å²) in [6.45, 7) is 3.63. The van der Waals surface area contributed by atoms with Crippen LogP contribution in [0.4, 0.5) is 14.9 Å². The van der Waals surface area contributed by atoms with Crippen molar-refractivity contribution in [3.8, 4) is 0 Å². The van der Waals surface area contributed by atoms with Gasteiger partial charge >= 0.3 is 6.03 Å². The number of carbonyl (C=O) groups is 1.